The number of hydrogen-bond acceptors (Lipinski definition) is 2. The SMILES string of the molecule is Cn1ccnc1C1CCC(CI)O1. The number of aromatic nitrogens is 2. The molecule has 1 aliphatic heterocycles. The second-order valence-corrected chi connectivity index (χ2v) is 4.26. The van der Waals surface area contributed by atoms with Crippen LogP contribution < -0.4 is 0 Å². The minimum Gasteiger partial charge on any atom is -0.366 e. The smallest absolute Gasteiger partial charge is 0.137 e. The lowest BCUT2D eigenvalue weighted by Crippen LogP contribution is -2.10. The number of rotatable bonds is 2. The van der Waals surface area contributed by atoms with Gasteiger partial charge in [0.2, 0.25) is 0 Å². The van der Waals surface area contributed by atoms with Crippen molar-refractivity contribution < 1.29 is 4.74 Å². The van der Waals surface area contributed by atoms with Crippen LogP contribution in [0.25, 0.3) is 0 Å². The van der Waals surface area contributed by atoms with Gasteiger partial charge in [0.1, 0.15) is 11.9 Å². The quantitative estimate of drug-likeness (QED) is 0.616. The maximum atomic E-state index is 5.84. The number of aryl methyl sites for hydroxylation is 1. The molecule has 1 aromatic heterocycles. The van der Waals surface area contributed by atoms with Crippen LogP contribution in [0.2, 0.25) is 0 Å². The largest absolute Gasteiger partial charge is 0.366 e. The molecule has 2 heterocycles. The Morgan fingerprint density at radius 2 is 2.54 bits per heavy atom. The third kappa shape index (κ3) is 1.88. The summed E-state index contributed by atoms with van der Waals surface area (Å²) in [7, 11) is 2.02. The molecule has 2 rings (SSSR count). The van der Waals surface area contributed by atoms with Crippen molar-refractivity contribution in [2.24, 2.45) is 7.05 Å². The van der Waals surface area contributed by atoms with Gasteiger partial charge in [-0.2, -0.15) is 0 Å². The molecule has 0 N–H and O–H groups in total. The Labute approximate surface area is 91.6 Å². The van der Waals surface area contributed by atoms with Gasteiger partial charge in [0.25, 0.3) is 0 Å². The Balaban J connectivity index is 2.08. The van der Waals surface area contributed by atoms with Gasteiger partial charge < -0.3 is 9.30 Å². The van der Waals surface area contributed by atoms with Crippen molar-refractivity contribution in [2.45, 2.75) is 25.0 Å². The van der Waals surface area contributed by atoms with Gasteiger partial charge in [-0.3, -0.25) is 0 Å². The molecule has 0 bridgehead atoms. The predicted octanol–water partition coefficient (Wildman–Crippen LogP) is 2.08. The third-order valence-electron chi connectivity index (χ3n) is 2.43. The summed E-state index contributed by atoms with van der Waals surface area (Å²) in [5, 5.41) is 0. The van der Waals surface area contributed by atoms with E-state index in [2.05, 4.69) is 27.6 Å². The van der Waals surface area contributed by atoms with E-state index in [1.807, 2.05) is 24.0 Å². The lowest BCUT2D eigenvalue weighted by Gasteiger charge is -2.11. The highest BCUT2D eigenvalue weighted by molar-refractivity contribution is 14.1. The molecule has 72 valence electrons. The molecular formula is C9H13IN2O. The number of halogens is 1. The number of nitrogens with zero attached hydrogens (tertiary/aromatic N) is 2. The summed E-state index contributed by atoms with van der Waals surface area (Å²) < 4.78 is 8.97. The molecule has 4 heteroatoms. The van der Waals surface area contributed by atoms with Crippen molar-refractivity contribution in [3.05, 3.63) is 18.2 Å². The molecule has 2 unspecified atom stereocenters. The van der Waals surface area contributed by atoms with Gasteiger partial charge in [-0.25, -0.2) is 4.98 Å². The molecule has 1 fully saturated rings. The Morgan fingerprint density at radius 3 is 3.08 bits per heavy atom. The van der Waals surface area contributed by atoms with E-state index in [1.54, 1.807) is 0 Å². The summed E-state index contributed by atoms with van der Waals surface area (Å²) in [6.45, 7) is 0. The van der Waals surface area contributed by atoms with Crippen LogP contribution in [0.1, 0.15) is 24.8 Å². The van der Waals surface area contributed by atoms with E-state index in [4.69, 9.17) is 4.74 Å². The number of alkyl halides is 1. The van der Waals surface area contributed by atoms with Gasteiger partial charge in [0.05, 0.1) is 6.10 Å². The minimum atomic E-state index is 0.222. The molecule has 0 amide bonds. The Kier molecular flexibility index (Phi) is 2.88. The van der Waals surface area contributed by atoms with Crippen molar-refractivity contribution in [2.75, 3.05) is 4.43 Å². The van der Waals surface area contributed by atoms with Crippen LogP contribution in [0.4, 0.5) is 0 Å². The van der Waals surface area contributed by atoms with Crippen LogP contribution >= 0.6 is 22.6 Å². The van der Waals surface area contributed by atoms with E-state index >= 15 is 0 Å². The Morgan fingerprint density at radius 1 is 1.69 bits per heavy atom. The number of hydrogen-bond donors (Lipinski definition) is 0. The lowest BCUT2D eigenvalue weighted by atomic mass is 10.2. The molecule has 3 nitrogen and oxygen atoms in total. The average Bonchev–Trinajstić information content (AvgIpc) is 2.71. The first kappa shape index (κ1) is 9.45. The highest BCUT2D eigenvalue weighted by Gasteiger charge is 2.27. The van der Waals surface area contributed by atoms with Crippen LogP contribution in [-0.4, -0.2) is 20.1 Å². The van der Waals surface area contributed by atoms with Crippen molar-refractivity contribution in [1.82, 2.24) is 9.55 Å². The van der Waals surface area contributed by atoms with E-state index < -0.39 is 0 Å². The van der Waals surface area contributed by atoms with Gasteiger partial charge >= 0.3 is 0 Å². The maximum absolute atomic E-state index is 5.84. The fourth-order valence-electron chi connectivity index (χ4n) is 1.70. The van der Waals surface area contributed by atoms with Crippen LogP contribution in [0.5, 0.6) is 0 Å². The third-order valence-corrected chi connectivity index (χ3v) is 3.41. The van der Waals surface area contributed by atoms with Crippen LogP contribution in [-0.2, 0) is 11.8 Å². The van der Waals surface area contributed by atoms with E-state index in [0.29, 0.717) is 6.10 Å². The Bertz CT molecular complexity index is 287. The lowest BCUT2D eigenvalue weighted by molar-refractivity contribution is 0.0528. The van der Waals surface area contributed by atoms with Crippen LogP contribution in [0.3, 0.4) is 0 Å². The van der Waals surface area contributed by atoms with Gasteiger partial charge in [-0.05, 0) is 12.8 Å². The highest BCUT2D eigenvalue weighted by atomic mass is 127. The monoisotopic (exact) mass is 292 g/mol. The van der Waals surface area contributed by atoms with E-state index in [1.165, 1.54) is 6.42 Å². The molecule has 13 heavy (non-hydrogen) atoms. The summed E-state index contributed by atoms with van der Waals surface area (Å²) in [5.74, 6) is 1.06. The molecule has 1 aliphatic rings. The van der Waals surface area contributed by atoms with Crippen molar-refractivity contribution in [1.29, 1.82) is 0 Å². The predicted molar refractivity (Wildman–Crippen MR) is 58.9 cm³/mol. The molecule has 0 aliphatic carbocycles. The first-order chi connectivity index (χ1) is 6.31. The van der Waals surface area contributed by atoms with Crippen molar-refractivity contribution in [3.8, 4) is 0 Å². The zero-order chi connectivity index (χ0) is 9.26. The molecule has 0 spiro atoms. The van der Waals surface area contributed by atoms with E-state index in [0.717, 1.165) is 16.7 Å². The second-order valence-electron chi connectivity index (χ2n) is 3.37. The topological polar surface area (TPSA) is 27.1 Å². The van der Waals surface area contributed by atoms with Gasteiger partial charge in [-0.1, -0.05) is 22.6 Å². The normalized spacial score (nSPS) is 28.2. The summed E-state index contributed by atoms with van der Waals surface area (Å²) in [6.07, 6.45) is 6.73. The van der Waals surface area contributed by atoms with Gasteiger partial charge in [0, 0.05) is 23.9 Å². The molecular weight excluding hydrogens is 279 g/mol. The summed E-state index contributed by atoms with van der Waals surface area (Å²) in [6, 6.07) is 0. The van der Waals surface area contributed by atoms with Crippen molar-refractivity contribution in [3.63, 3.8) is 0 Å². The number of imidazole rings is 1. The maximum Gasteiger partial charge on any atom is 0.137 e. The first-order valence-electron chi connectivity index (χ1n) is 4.50. The van der Waals surface area contributed by atoms with E-state index in [-0.39, 0.29) is 6.10 Å². The van der Waals surface area contributed by atoms with Gasteiger partial charge in [0.15, 0.2) is 0 Å². The zero-order valence-corrected chi connectivity index (χ0v) is 9.77. The first-order valence-corrected chi connectivity index (χ1v) is 6.02. The Hall–Kier alpha value is -0.100. The van der Waals surface area contributed by atoms with E-state index in [9.17, 15) is 0 Å². The highest BCUT2D eigenvalue weighted by Crippen LogP contribution is 2.32. The molecule has 0 saturated carbocycles. The minimum absolute atomic E-state index is 0.222. The fourth-order valence-corrected chi connectivity index (χ4v) is 2.34. The molecule has 1 saturated heterocycles. The zero-order valence-electron chi connectivity index (χ0n) is 7.61. The second kappa shape index (κ2) is 3.96. The van der Waals surface area contributed by atoms with Gasteiger partial charge in [-0.15, -0.1) is 0 Å². The van der Waals surface area contributed by atoms with Crippen molar-refractivity contribution >= 4 is 22.6 Å². The molecule has 2 atom stereocenters. The molecule has 0 aromatic carbocycles. The van der Waals surface area contributed by atoms with Crippen LogP contribution in [0, 0.1) is 0 Å². The average molecular weight is 292 g/mol. The van der Waals surface area contributed by atoms with Crippen LogP contribution in [0.15, 0.2) is 12.4 Å². The summed E-state index contributed by atoms with van der Waals surface area (Å²) >= 11 is 2.37. The number of ether oxygens (including phenoxy) is 1. The molecule has 0 radical (unpaired) electrons. The summed E-state index contributed by atoms with van der Waals surface area (Å²) in [4.78, 5) is 4.30. The fraction of sp³-hybridized carbons (Fsp3) is 0.667. The standard InChI is InChI=1S/C9H13IN2O/c1-12-5-4-11-9(12)8-3-2-7(6-10)13-8/h4-5,7-8H,2-3,6H2,1H3. The summed E-state index contributed by atoms with van der Waals surface area (Å²) in [5.41, 5.74) is 0. The molecule has 1 aromatic rings.